The molecule has 0 amide bonds. The summed E-state index contributed by atoms with van der Waals surface area (Å²) in [6, 6.07) is 0. The first-order chi connectivity index (χ1) is 7.26. The average molecular weight is 213 g/mol. The van der Waals surface area contributed by atoms with E-state index in [0.717, 1.165) is 0 Å². The first kappa shape index (κ1) is 10.2. The van der Waals surface area contributed by atoms with Crippen LogP contribution in [-0.4, -0.2) is 38.1 Å². The van der Waals surface area contributed by atoms with Crippen molar-refractivity contribution in [3.63, 3.8) is 0 Å². The first-order valence-electron chi connectivity index (χ1n) is 4.65. The first-order valence-corrected chi connectivity index (χ1v) is 4.65. The molecule has 0 aromatic rings. The van der Waals surface area contributed by atoms with Crippen LogP contribution in [0, 0.1) is 5.92 Å². The number of hydrogen-bond donors (Lipinski definition) is 0. The summed E-state index contributed by atoms with van der Waals surface area (Å²) in [6.45, 7) is 0.203. The minimum atomic E-state index is -0.541. The number of esters is 1. The van der Waals surface area contributed by atoms with E-state index in [-0.39, 0.29) is 30.6 Å². The molecule has 2 aliphatic heterocycles. The Labute approximate surface area is 85.9 Å². The summed E-state index contributed by atoms with van der Waals surface area (Å²) in [7, 11) is 1.49. The Morgan fingerprint density at radius 2 is 2.53 bits per heavy atom. The summed E-state index contributed by atoms with van der Waals surface area (Å²) < 4.78 is 15.6. The lowest BCUT2D eigenvalue weighted by Gasteiger charge is -2.14. The van der Waals surface area contributed by atoms with E-state index in [0.29, 0.717) is 6.42 Å². The lowest BCUT2D eigenvalue weighted by molar-refractivity contribution is -0.172. The molecule has 1 unspecified atom stereocenters. The highest BCUT2D eigenvalue weighted by Gasteiger charge is 2.51. The van der Waals surface area contributed by atoms with Crippen LogP contribution in [0.2, 0.25) is 0 Å². The lowest BCUT2D eigenvalue weighted by Crippen LogP contribution is -2.26. The number of carbonyl (C=O) groups is 1. The Balaban J connectivity index is 2.08. The van der Waals surface area contributed by atoms with E-state index in [2.05, 4.69) is 10.0 Å². The van der Waals surface area contributed by atoms with E-state index >= 15 is 0 Å². The van der Waals surface area contributed by atoms with Crippen molar-refractivity contribution in [1.82, 2.24) is 0 Å². The van der Waals surface area contributed by atoms with E-state index in [1.54, 1.807) is 0 Å². The van der Waals surface area contributed by atoms with E-state index in [9.17, 15) is 4.79 Å². The zero-order valence-electron chi connectivity index (χ0n) is 8.20. The van der Waals surface area contributed by atoms with Gasteiger partial charge in [0.25, 0.3) is 0 Å². The molecule has 4 atom stereocenters. The van der Waals surface area contributed by atoms with Gasteiger partial charge in [-0.25, -0.2) is 0 Å². The molecule has 15 heavy (non-hydrogen) atoms. The second kappa shape index (κ2) is 4.06. The van der Waals surface area contributed by atoms with Gasteiger partial charge in [0.1, 0.15) is 0 Å². The smallest absolute Gasteiger partial charge is 0.306 e. The van der Waals surface area contributed by atoms with Gasteiger partial charge in [0.2, 0.25) is 0 Å². The highest BCUT2D eigenvalue weighted by Crippen LogP contribution is 2.37. The van der Waals surface area contributed by atoms with Crippen molar-refractivity contribution in [3.05, 3.63) is 10.4 Å². The van der Waals surface area contributed by atoms with Crippen LogP contribution in [0.15, 0.2) is 5.11 Å². The molecule has 0 N–H and O–H groups in total. The maximum atomic E-state index is 11.1. The van der Waals surface area contributed by atoms with Crippen LogP contribution >= 0.6 is 0 Å². The summed E-state index contributed by atoms with van der Waals surface area (Å²) in [5, 5.41) is 3.44. The van der Waals surface area contributed by atoms with Gasteiger partial charge < -0.3 is 14.2 Å². The molecule has 0 aromatic heterocycles. The van der Waals surface area contributed by atoms with E-state index in [1.165, 1.54) is 7.11 Å². The summed E-state index contributed by atoms with van der Waals surface area (Å²) >= 11 is 0. The van der Waals surface area contributed by atoms with Crippen LogP contribution in [0.1, 0.15) is 6.42 Å². The van der Waals surface area contributed by atoms with Crippen LogP contribution < -0.4 is 0 Å². The zero-order valence-corrected chi connectivity index (χ0v) is 8.20. The second-order valence-corrected chi connectivity index (χ2v) is 3.51. The van der Waals surface area contributed by atoms with Gasteiger partial charge in [0.05, 0.1) is 19.1 Å². The molecule has 82 valence electrons. The molecule has 0 saturated carbocycles. The normalized spacial score (nSPS) is 38.3. The lowest BCUT2D eigenvalue weighted by atomic mass is 9.97. The van der Waals surface area contributed by atoms with Crippen LogP contribution in [0.3, 0.4) is 0 Å². The van der Waals surface area contributed by atoms with Crippen molar-refractivity contribution in [3.8, 4) is 0 Å². The summed E-state index contributed by atoms with van der Waals surface area (Å²) in [4.78, 5) is 13.8. The fraction of sp³-hybridized carbons (Fsp3) is 0.875. The van der Waals surface area contributed by atoms with Crippen molar-refractivity contribution >= 4 is 5.97 Å². The number of nitrogens with zero attached hydrogens (tertiary/aromatic N) is 3. The number of rotatable bonds is 3. The summed E-state index contributed by atoms with van der Waals surface area (Å²) in [5.41, 5.74) is 8.22. The van der Waals surface area contributed by atoms with Crippen molar-refractivity contribution in [1.29, 1.82) is 0 Å². The largest absolute Gasteiger partial charge is 0.457 e. The standard InChI is InChI=1S/C8H11N3O4/c1-13-8-7-4(2-6(12)15-7)5(14-8)3-10-11-9/h4-5,7-8H,2-3H2,1H3/t4-,5-,7-,8?/m1/s1. The Kier molecular flexibility index (Phi) is 2.77. The third-order valence-corrected chi connectivity index (χ3v) is 2.70. The third kappa shape index (κ3) is 1.77. The van der Waals surface area contributed by atoms with Gasteiger partial charge in [-0.2, -0.15) is 0 Å². The molecule has 2 fully saturated rings. The molecule has 2 aliphatic rings. The maximum Gasteiger partial charge on any atom is 0.306 e. The molecular formula is C8H11N3O4. The van der Waals surface area contributed by atoms with Gasteiger partial charge >= 0.3 is 5.97 Å². The van der Waals surface area contributed by atoms with Crippen LogP contribution in [-0.2, 0) is 19.0 Å². The fourth-order valence-electron chi connectivity index (χ4n) is 2.03. The van der Waals surface area contributed by atoms with E-state index in [1.807, 2.05) is 0 Å². The number of ether oxygens (including phenoxy) is 3. The predicted molar refractivity (Wildman–Crippen MR) is 47.7 cm³/mol. The molecule has 0 aliphatic carbocycles. The molecule has 0 radical (unpaired) electrons. The molecule has 0 spiro atoms. The van der Waals surface area contributed by atoms with Crippen LogP contribution in [0.5, 0.6) is 0 Å². The molecule has 2 saturated heterocycles. The Bertz CT molecular complexity index is 315. The topological polar surface area (TPSA) is 93.5 Å². The molecule has 0 bridgehead atoms. The molecule has 2 rings (SSSR count). The number of fused-ring (bicyclic) bond motifs is 1. The van der Waals surface area contributed by atoms with Crippen molar-refractivity contribution < 1.29 is 19.0 Å². The Morgan fingerprint density at radius 1 is 1.73 bits per heavy atom. The third-order valence-electron chi connectivity index (χ3n) is 2.70. The van der Waals surface area contributed by atoms with Crippen LogP contribution in [0.25, 0.3) is 10.4 Å². The summed E-state index contributed by atoms with van der Waals surface area (Å²) in [6.07, 6.45) is -0.889. The molecular weight excluding hydrogens is 202 g/mol. The van der Waals surface area contributed by atoms with Crippen molar-refractivity contribution in [2.75, 3.05) is 13.7 Å². The maximum absolute atomic E-state index is 11.1. The van der Waals surface area contributed by atoms with Gasteiger partial charge in [-0.3, -0.25) is 4.79 Å². The van der Waals surface area contributed by atoms with Crippen LogP contribution in [0.4, 0.5) is 0 Å². The van der Waals surface area contributed by atoms with Crippen molar-refractivity contribution in [2.45, 2.75) is 24.9 Å². The van der Waals surface area contributed by atoms with Gasteiger partial charge in [-0.15, -0.1) is 0 Å². The minimum absolute atomic E-state index is 0.0621. The fourth-order valence-corrected chi connectivity index (χ4v) is 2.03. The number of hydrogen-bond acceptors (Lipinski definition) is 5. The number of carbonyl (C=O) groups excluding carboxylic acids is 1. The minimum Gasteiger partial charge on any atom is -0.457 e. The number of methoxy groups -OCH3 is 1. The van der Waals surface area contributed by atoms with Gasteiger partial charge in [0.15, 0.2) is 12.4 Å². The van der Waals surface area contributed by atoms with Gasteiger partial charge in [-0.1, -0.05) is 5.11 Å². The average Bonchev–Trinajstić information content (AvgIpc) is 2.73. The molecule has 7 nitrogen and oxygen atoms in total. The van der Waals surface area contributed by atoms with Gasteiger partial charge in [0, 0.05) is 17.9 Å². The quantitative estimate of drug-likeness (QED) is 0.297. The van der Waals surface area contributed by atoms with Crippen molar-refractivity contribution in [2.24, 2.45) is 11.0 Å². The monoisotopic (exact) mass is 213 g/mol. The predicted octanol–water partition coefficient (Wildman–Crippen LogP) is 0.600. The Hall–Kier alpha value is -1.30. The van der Waals surface area contributed by atoms with E-state index < -0.39 is 6.29 Å². The molecule has 0 aromatic carbocycles. The Morgan fingerprint density at radius 3 is 3.20 bits per heavy atom. The van der Waals surface area contributed by atoms with Gasteiger partial charge in [-0.05, 0) is 5.53 Å². The zero-order chi connectivity index (χ0) is 10.8. The van der Waals surface area contributed by atoms with E-state index in [4.69, 9.17) is 19.7 Å². The highest BCUT2D eigenvalue weighted by atomic mass is 16.7. The molecule has 2 heterocycles. The number of azide groups is 1. The highest BCUT2D eigenvalue weighted by molar-refractivity contribution is 5.72. The summed E-state index contributed by atoms with van der Waals surface area (Å²) in [5.74, 6) is -0.311. The SMILES string of the molecule is COC1O[C@H](CN=[N+]=[N-])[C@H]2CC(=O)O[C@@H]12. The molecule has 7 heteroatoms. The second-order valence-electron chi connectivity index (χ2n) is 3.51.